The van der Waals surface area contributed by atoms with Gasteiger partial charge in [-0.15, -0.1) is 35.3 Å². The third-order valence-corrected chi connectivity index (χ3v) is 6.97. The van der Waals surface area contributed by atoms with E-state index in [0.29, 0.717) is 18.4 Å². The molecule has 30 heavy (non-hydrogen) atoms. The first-order chi connectivity index (χ1) is 14.2. The maximum atomic E-state index is 12.7. The fourth-order valence-corrected chi connectivity index (χ4v) is 4.82. The summed E-state index contributed by atoms with van der Waals surface area (Å²) in [7, 11) is 0. The second-order valence-corrected chi connectivity index (χ2v) is 9.15. The second kappa shape index (κ2) is 13.5. The molecule has 2 aliphatic rings. The van der Waals surface area contributed by atoms with E-state index in [9.17, 15) is 4.79 Å². The molecule has 3 rings (SSSR count). The van der Waals surface area contributed by atoms with Gasteiger partial charge in [0.2, 0.25) is 5.91 Å². The van der Waals surface area contributed by atoms with Crippen LogP contribution in [0.25, 0.3) is 0 Å². The topological polar surface area (TPSA) is 51.2 Å². The number of carbonyl (C=O) groups is 1. The van der Waals surface area contributed by atoms with E-state index in [1.54, 1.807) is 11.3 Å². The molecule has 1 aromatic rings. The number of carbonyl (C=O) groups excluding carboxylic acids is 1. The molecule has 1 aromatic heterocycles. The highest BCUT2D eigenvalue weighted by atomic mass is 127. The van der Waals surface area contributed by atoms with Crippen LogP contribution in [-0.4, -0.2) is 85.5 Å². The Morgan fingerprint density at radius 2 is 1.80 bits per heavy atom. The van der Waals surface area contributed by atoms with E-state index >= 15 is 0 Å². The van der Waals surface area contributed by atoms with Crippen molar-refractivity contribution < 1.29 is 4.79 Å². The van der Waals surface area contributed by atoms with Gasteiger partial charge in [-0.25, -0.2) is 0 Å². The molecular weight excluding hydrogens is 509 g/mol. The average molecular weight is 548 g/mol. The number of amides is 1. The van der Waals surface area contributed by atoms with Gasteiger partial charge in [0, 0.05) is 56.6 Å². The molecule has 8 heteroatoms. The predicted molar refractivity (Wildman–Crippen MR) is 137 cm³/mol. The van der Waals surface area contributed by atoms with Gasteiger partial charge in [0.1, 0.15) is 0 Å². The van der Waals surface area contributed by atoms with Crippen LogP contribution < -0.4 is 5.32 Å². The van der Waals surface area contributed by atoms with Crippen molar-refractivity contribution in [1.29, 1.82) is 0 Å². The molecule has 0 radical (unpaired) electrons. The van der Waals surface area contributed by atoms with Gasteiger partial charge in [-0.05, 0) is 31.2 Å². The standard InChI is InChI=1S/C22H37N5OS.HI/c1-3-23-22(24-17-19(2)20-9-8-16-29-20)27-14-12-25(13-15-27)18-21(28)26-10-6-4-5-7-11-26;/h8-9,16,19H,3-7,10-15,17-18H2,1-2H3,(H,23,24);1H. The molecule has 170 valence electrons. The second-order valence-electron chi connectivity index (χ2n) is 8.17. The third kappa shape index (κ3) is 7.67. The largest absolute Gasteiger partial charge is 0.357 e. The van der Waals surface area contributed by atoms with E-state index in [-0.39, 0.29) is 24.0 Å². The van der Waals surface area contributed by atoms with Gasteiger partial charge in [-0.1, -0.05) is 25.8 Å². The van der Waals surface area contributed by atoms with Crippen LogP contribution in [0.3, 0.4) is 0 Å². The zero-order valence-electron chi connectivity index (χ0n) is 18.5. The summed E-state index contributed by atoms with van der Waals surface area (Å²) in [6.45, 7) is 12.2. The van der Waals surface area contributed by atoms with Gasteiger partial charge >= 0.3 is 0 Å². The Labute approximate surface area is 203 Å². The Morgan fingerprint density at radius 1 is 1.10 bits per heavy atom. The Bertz CT molecular complexity index is 638. The minimum Gasteiger partial charge on any atom is -0.357 e. The van der Waals surface area contributed by atoms with Crippen LogP contribution in [0, 0.1) is 0 Å². The van der Waals surface area contributed by atoms with E-state index in [4.69, 9.17) is 4.99 Å². The van der Waals surface area contributed by atoms with Crippen molar-refractivity contribution >= 4 is 47.2 Å². The zero-order chi connectivity index (χ0) is 20.5. The van der Waals surface area contributed by atoms with Gasteiger partial charge in [-0.3, -0.25) is 14.7 Å². The summed E-state index contributed by atoms with van der Waals surface area (Å²) < 4.78 is 0. The Morgan fingerprint density at radius 3 is 2.40 bits per heavy atom. The van der Waals surface area contributed by atoms with Crippen LogP contribution in [0.5, 0.6) is 0 Å². The molecule has 3 heterocycles. The van der Waals surface area contributed by atoms with E-state index in [1.807, 2.05) is 0 Å². The molecular formula is C22H38IN5OS. The number of nitrogens with one attached hydrogen (secondary N) is 1. The van der Waals surface area contributed by atoms with Gasteiger partial charge in [0.15, 0.2) is 5.96 Å². The monoisotopic (exact) mass is 547 g/mol. The van der Waals surface area contributed by atoms with Crippen molar-refractivity contribution in [3.63, 3.8) is 0 Å². The summed E-state index contributed by atoms with van der Waals surface area (Å²) >= 11 is 1.80. The number of rotatable bonds is 6. The number of likely N-dealkylation sites (tertiary alicyclic amines) is 1. The van der Waals surface area contributed by atoms with Crippen molar-refractivity contribution in [3.05, 3.63) is 22.4 Å². The minimum atomic E-state index is 0. The fraction of sp³-hybridized carbons (Fsp3) is 0.727. The van der Waals surface area contributed by atoms with E-state index in [0.717, 1.165) is 71.2 Å². The smallest absolute Gasteiger partial charge is 0.236 e. The van der Waals surface area contributed by atoms with Gasteiger partial charge in [-0.2, -0.15) is 0 Å². The highest BCUT2D eigenvalue weighted by molar-refractivity contribution is 14.0. The molecule has 2 fully saturated rings. The zero-order valence-corrected chi connectivity index (χ0v) is 21.7. The molecule has 6 nitrogen and oxygen atoms in total. The maximum absolute atomic E-state index is 12.7. The number of hydrogen-bond donors (Lipinski definition) is 1. The van der Waals surface area contributed by atoms with Crippen molar-refractivity contribution in [2.24, 2.45) is 4.99 Å². The summed E-state index contributed by atoms with van der Waals surface area (Å²) in [5.74, 6) is 1.76. The number of thiophene rings is 1. The van der Waals surface area contributed by atoms with Crippen LogP contribution in [-0.2, 0) is 4.79 Å². The molecule has 0 saturated carbocycles. The van der Waals surface area contributed by atoms with E-state index < -0.39 is 0 Å². The lowest BCUT2D eigenvalue weighted by atomic mass is 10.1. The number of halogens is 1. The summed E-state index contributed by atoms with van der Waals surface area (Å²) in [6.07, 6.45) is 4.85. The molecule has 1 atom stereocenters. The van der Waals surface area contributed by atoms with Crippen LogP contribution in [0.15, 0.2) is 22.5 Å². The van der Waals surface area contributed by atoms with Crippen LogP contribution in [0.2, 0.25) is 0 Å². The summed E-state index contributed by atoms with van der Waals surface area (Å²) in [6, 6.07) is 4.30. The first-order valence-electron chi connectivity index (χ1n) is 11.2. The van der Waals surface area contributed by atoms with Gasteiger partial charge in [0.25, 0.3) is 0 Å². The number of hydrogen-bond acceptors (Lipinski definition) is 4. The lowest BCUT2D eigenvalue weighted by Crippen LogP contribution is -2.54. The summed E-state index contributed by atoms with van der Waals surface area (Å²) in [5.41, 5.74) is 0. The first kappa shape index (κ1) is 25.4. The third-order valence-electron chi connectivity index (χ3n) is 5.87. The molecule has 2 saturated heterocycles. The molecule has 1 unspecified atom stereocenters. The normalized spacial score (nSPS) is 19.7. The van der Waals surface area contributed by atoms with Crippen LogP contribution >= 0.6 is 35.3 Å². The SMILES string of the molecule is CCNC(=NCC(C)c1cccs1)N1CCN(CC(=O)N2CCCCCC2)CC1.I. The van der Waals surface area contributed by atoms with Gasteiger partial charge in [0.05, 0.1) is 13.1 Å². The Balaban J connectivity index is 0.00000320. The highest BCUT2D eigenvalue weighted by Crippen LogP contribution is 2.21. The van der Waals surface area contributed by atoms with Crippen molar-refractivity contribution in [1.82, 2.24) is 20.0 Å². The van der Waals surface area contributed by atoms with Crippen LogP contribution in [0.4, 0.5) is 0 Å². The summed E-state index contributed by atoms with van der Waals surface area (Å²) in [5, 5.41) is 5.58. The molecule has 2 aliphatic heterocycles. The molecule has 0 spiro atoms. The van der Waals surface area contributed by atoms with E-state index in [2.05, 4.69) is 51.4 Å². The number of aliphatic imine (C=N–C) groups is 1. The Kier molecular flexibility index (Phi) is 11.4. The van der Waals surface area contributed by atoms with Crippen molar-refractivity contribution in [2.75, 3.05) is 58.9 Å². The van der Waals surface area contributed by atoms with Crippen molar-refractivity contribution in [2.45, 2.75) is 45.4 Å². The minimum absolute atomic E-state index is 0. The quantitative estimate of drug-likeness (QED) is 0.337. The molecule has 1 N–H and O–H groups in total. The highest BCUT2D eigenvalue weighted by Gasteiger charge is 2.24. The number of guanidine groups is 1. The molecule has 1 amide bonds. The average Bonchev–Trinajstić information content (AvgIpc) is 3.14. The van der Waals surface area contributed by atoms with E-state index in [1.165, 1.54) is 17.7 Å². The molecule has 0 aliphatic carbocycles. The van der Waals surface area contributed by atoms with Crippen molar-refractivity contribution in [3.8, 4) is 0 Å². The lowest BCUT2D eigenvalue weighted by Gasteiger charge is -2.37. The number of nitrogens with zero attached hydrogens (tertiary/aromatic N) is 4. The van der Waals surface area contributed by atoms with Gasteiger partial charge < -0.3 is 15.1 Å². The van der Waals surface area contributed by atoms with Crippen LogP contribution in [0.1, 0.15) is 50.3 Å². The first-order valence-corrected chi connectivity index (χ1v) is 12.1. The molecule has 0 bridgehead atoms. The lowest BCUT2D eigenvalue weighted by molar-refractivity contribution is -0.132. The summed E-state index contributed by atoms with van der Waals surface area (Å²) in [4.78, 5) is 25.7. The predicted octanol–water partition coefficient (Wildman–Crippen LogP) is 3.46. The molecule has 0 aromatic carbocycles. The number of piperazine rings is 1. The Hall–Kier alpha value is -0.870. The fourth-order valence-electron chi connectivity index (χ4n) is 4.04. The maximum Gasteiger partial charge on any atom is 0.236 e.